The summed E-state index contributed by atoms with van der Waals surface area (Å²) >= 11 is 0. The molecule has 0 aliphatic carbocycles. The van der Waals surface area contributed by atoms with Crippen molar-refractivity contribution in [3.63, 3.8) is 0 Å². The van der Waals surface area contributed by atoms with Crippen molar-refractivity contribution in [2.24, 2.45) is 5.14 Å². The fourth-order valence-corrected chi connectivity index (χ4v) is 2.06. The molecule has 0 radical (unpaired) electrons. The van der Waals surface area contributed by atoms with Gasteiger partial charge in [0.2, 0.25) is 10.0 Å². The Bertz CT molecular complexity index is 556. The molecular weight excluding hydrogens is 250 g/mol. The summed E-state index contributed by atoms with van der Waals surface area (Å²) in [5.74, 6) is 3.26. The van der Waals surface area contributed by atoms with Gasteiger partial charge in [0.1, 0.15) is 5.75 Å². The third kappa shape index (κ3) is 3.76. The van der Waals surface area contributed by atoms with Crippen molar-refractivity contribution in [1.29, 1.82) is 0 Å². The van der Waals surface area contributed by atoms with Gasteiger partial charge in [0.15, 0.2) is 0 Å². The van der Waals surface area contributed by atoms with Gasteiger partial charge >= 0.3 is 0 Å². The van der Waals surface area contributed by atoms with Crippen LogP contribution in [0.5, 0.6) is 5.75 Å². The predicted octanol–water partition coefficient (Wildman–Crippen LogP) is 1.86. The van der Waals surface area contributed by atoms with Crippen LogP contribution >= 0.6 is 0 Å². The van der Waals surface area contributed by atoms with Crippen LogP contribution in [0.3, 0.4) is 0 Å². The lowest BCUT2D eigenvalue weighted by Gasteiger charge is -2.14. The summed E-state index contributed by atoms with van der Waals surface area (Å²) in [6.07, 6.45) is 5.65. The molecule has 98 valence electrons. The Morgan fingerprint density at radius 3 is 2.61 bits per heavy atom. The van der Waals surface area contributed by atoms with E-state index in [1.807, 2.05) is 13.8 Å². The first kappa shape index (κ1) is 14.6. The number of nitrogens with two attached hydrogens (primary N) is 1. The summed E-state index contributed by atoms with van der Waals surface area (Å²) in [7, 11) is -3.69. The number of hydrogen-bond acceptors (Lipinski definition) is 3. The van der Waals surface area contributed by atoms with Crippen LogP contribution in [0, 0.1) is 12.3 Å². The van der Waals surface area contributed by atoms with E-state index in [1.54, 1.807) is 12.1 Å². The van der Waals surface area contributed by atoms with Gasteiger partial charge in [-0.3, -0.25) is 0 Å². The molecule has 5 heteroatoms. The molecule has 0 fully saturated rings. The zero-order valence-corrected chi connectivity index (χ0v) is 11.3. The number of hydrogen-bond donors (Lipinski definition) is 1. The number of primary sulfonamides is 1. The number of rotatable bonds is 5. The zero-order chi connectivity index (χ0) is 13.8. The first-order valence-corrected chi connectivity index (χ1v) is 7.14. The second kappa shape index (κ2) is 5.89. The Morgan fingerprint density at radius 1 is 1.44 bits per heavy atom. The lowest BCUT2D eigenvalue weighted by Crippen LogP contribution is -2.13. The van der Waals surface area contributed by atoms with E-state index in [4.69, 9.17) is 16.3 Å². The van der Waals surface area contributed by atoms with Crippen LogP contribution in [0.4, 0.5) is 0 Å². The molecule has 1 aromatic carbocycles. The van der Waals surface area contributed by atoms with Crippen molar-refractivity contribution in [1.82, 2.24) is 0 Å². The third-order valence-corrected chi connectivity index (χ3v) is 3.35. The lowest BCUT2D eigenvalue weighted by atomic mass is 10.0. The largest absolute Gasteiger partial charge is 0.492 e. The lowest BCUT2D eigenvalue weighted by molar-refractivity contribution is 0.322. The van der Waals surface area contributed by atoms with Gasteiger partial charge in [0.25, 0.3) is 0 Å². The fourth-order valence-electron chi connectivity index (χ4n) is 1.51. The topological polar surface area (TPSA) is 69.4 Å². The highest BCUT2D eigenvalue weighted by Crippen LogP contribution is 2.28. The van der Waals surface area contributed by atoms with Crippen molar-refractivity contribution in [2.45, 2.75) is 31.1 Å². The smallest absolute Gasteiger partial charge is 0.238 e. The van der Waals surface area contributed by atoms with E-state index >= 15 is 0 Å². The molecule has 0 unspecified atom stereocenters. The molecule has 2 N–H and O–H groups in total. The fraction of sp³-hybridized carbons (Fsp3) is 0.385. The maximum atomic E-state index is 11.3. The summed E-state index contributed by atoms with van der Waals surface area (Å²) in [6, 6.07) is 4.60. The van der Waals surface area contributed by atoms with E-state index in [-0.39, 0.29) is 10.8 Å². The molecule has 0 saturated carbocycles. The van der Waals surface area contributed by atoms with Crippen LogP contribution in [0.1, 0.15) is 31.7 Å². The summed E-state index contributed by atoms with van der Waals surface area (Å²) in [5, 5.41) is 5.10. The van der Waals surface area contributed by atoms with Gasteiger partial charge in [-0.2, -0.15) is 0 Å². The van der Waals surface area contributed by atoms with Gasteiger partial charge < -0.3 is 4.74 Å². The van der Waals surface area contributed by atoms with E-state index in [9.17, 15) is 8.42 Å². The zero-order valence-electron chi connectivity index (χ0n) is 10.5. The highest BCUT2D eigenvalue weighted by molar-refractivity contribution is 7.89. The standard InChI is InChI=1S/C13H17NO3S/c1-4-5-8-17-13-7-6-11(18(14,15)16)9-12(13)10(2)3/h1,6-7,9-10H,5,8H2,2-3H3,(H2,14,15,16). The maximum Gasteiger partial charge on any atom is 0.238 e. The van der Waals surface area contributed by atoms with E-state index in [1.165, 1.54) is 6.07 Å². The van der Waals surface area contributed by atoms with Crippen molar-refractivity contribution in [3.8, 4) is 18.1 Å². The number of sulfonamides is 1. The highest BCUT2D eigenvalue weighted by Gasteiger charge is 2.14. The van der Waals surface area contributed by atoms with Crippen LogP contribution in [0.15, 0.2) is 23.1 Å². The van der Waals surface area contributed by atoms with E-state index in [2.05, 4.69) is 5.92 Å². The summed E-state index contributed by atoms with van der Waals surface area (Å²) in [5.41, 5.74) is 0.804. The quantitative estimate of drug-likeness (QED) is 0.654. The molecule has 18 heavy (non-hydrogen) atoms. The normalized spacial score (nSPS) is 11.3. The molecule has 0 heterocycles. The van der Waals surface area contributed by atoms with Crippen molar-refractivity contribution in [3.05, 3.63) is 23.8 Å². The van der Waals surface area contributed by atoms with Crippen molar-refractivity contribution >= 4 is 10.0 Å². The molecule has 0 aliphatic heterocycles. The molecule has 0 aromatic heterocycles. The van der Waals surface area contributed by atoms with Gasteiger partial charge in [0, 0.05) is 6.42 Å². The molecule has 0 atom stereocenters. The molecule has 4 nitrogen and oxygen atoms in total. The predicted molar refractivity (Wildman–Crippen MR) is 70.8 cm³/mol. The van der Waals surface area contributed by atoms with Crippen LogP contribution in [-0.4, -0.2) is 15.0 Å². The summed E-state index contributed by atoms with van der Waals surface area (Å²) in [4.78, 5) is 0.0931. The Morgan fingerprint density at radius 2 is 2.11 bits per heavy atom. The third-order valence-electron chi connectivity index (χ3n) is 2.44. The second-order valence-electron chi connectivity index (χ2n) is 4.20. The van der Waals surface area contributed by atoms with E-state index < -0.39 is 10.0 Å². The molecule has 0 spiro atoms. The molecular formula is C13H17NO3S. The van der Waals surface area contributed by atoms with Crippen molar-refractivity contribution in [2.75, 3.05) is 6.61 Å². The van der Waals surface area contributed by atoms with Crippen LogP contribution in [-0.2, 0) is 10.0 Å². The monoisotopic (exact) mass is 267 g/mol. The van der Waals surface area contributed by atoms with Crippen LogP contribution in [0.25, 0.3) is 0 Å². The molecule has 0 amide bonds. The number of terminal acetylenes is 1. The van der Waals surface area contributed by atoms with Crippen LogP contribution < -0.4 is 9.88 Å². The van der Waals surface area contributed by atoms with Gasteiger partial charge in [-0.25, -0.2) is 13.6 Å². The summed E-state index contributed by atoms with van der Waals surface area (Å²) < 4.78 is 28.1. The Balaban J connectivity index is 3.10. The molecule has 0 aliphatic rings. The molecule has 0 bridgehead atoms. The first-order chi connectivity index (χ1) is 8.36. The van der Waals surface area contributed by atoms with E-state index in [0.717, 1.165) is 5.56 Å². The average molecular weight is 267 g/mol. The highest BCUT2D eigenvalue weighted by atomic mass is 32.2. The second-order valence-corrected chi connectivity index (χ2v) is 5.76. The number of benzene rings is 1. The summed E-state index contributed by atoms with van der Waals surface area (Å²) in [6.45, 7) is 4.32. The van der Waals surface area contributed by atoms with Crippen molar-refractivity contribution < 1.29 is 13.2 Å². The molecule has 0 saturated heterocycles. The SMILES string of the molecule is C#CCCOc1ccc(S(N)(=O)=O)cc1C(C)C. The Hall–Kier alpha value is -1.51. The van der Waals surface area contributed by atoms with Gasteiger partial charge in [0.05, 0.1) is 11.5 Å². The minimum atomic E-state index is -3.69. The Labute approximate surface area is 108 Å². The minimum absolute atomic E-state index is 0.0931. The minimum Gasteiger partial charge on any atom is -0.492 e. The molecule has 1 rings (SSSR count). The first-order valence-electron chi connectivity index (χ1n) is 5.59. The van der Waals surface area contributed by atoms with Gasteiger partial charge in [-0.1, -0.05) is 13.8 Å². The maximum absolute atomic E-state index is 11.3. The average Bonchev–Trinajstić information content (AvgIpc) is 2.28. The van der Waals surface area contributed by atoms with Crippen LogP contribution in [0.2, 0.25) is 0 Å². The van der Waals surface area contributed by atoms with Gasteiger partial charge in [-0.15, -0.1) is 12.3 Å². The van der Waals surface area contributed by atoms with Gasteiger partial charge in [-0.05, 0) is 29.7 Å². The Kier molecular flexibility index (Phi) is 4.76. The number of ether oxygens (including phenoxy) is 1. The van der Waals surface area contributed by atoms with E-state index in [0.29, 0.717) is 18.8 Å². The molecule has 1 aromatic rings.